The Morgan fingerprint density at radius 1 is 1.53 bits per heavy atom. The molecule has 1 fully saturated rings. The molecule has 104 valence electrons. The molecule has 1 aliphatic rings. The maximum atomic E-state index is 12.1. The van der Waals surface area contributed by atoms with Crippen LogP contribution in [0.1, 0.15) is 12.5 Å². The van der Waals surface area contributed by atoms with Crippen LogP contribution >= 0.6 is 15.9 Å². The van der Waals surface area contributed by atoms with Crippen LogP contribution in [0.4, 0.5) is 5.69 Å². The minimum absolute atomic E-state index is 0.0924. The van der Waals surface area contributed by atoms with Crippen LogP contribution in [-0.4, -0.2) is 38.1 Å². The smallest absolute Gasteiger partial charge is 0.244 e. The van der Waals surface area contributed by atoms with Crippen LogP contribution in [0.3, 0.4) is 0 Å². The van der Waals surface area contributed by atoms with Gasteiger partial charge in [-0.25, -0.2) is 0 Å². The molecule has 1 aromatic carbocycles. The summed E-state index contributed by atoms with van der Waals surface area (Å²) in [5.74, 6) is 0.0924. The number of nitrogens with one attached hydrogen (secondary N) is 2. The van der Waals surface area contributed by atoms with Gasteiger partial charge in [-0.2, -0.15) is 0 Å². The number of likely N-dealkylation sites (N-methyl/N-ethyl adjacent to an activating group) is 1. The lowest BCUT2D eigenvalue weighted by atomic mass is 10.0. The molecule has 2 N–H and O–H groups in total. The fraction of sp³-hybridized carbons (Fsp3) is 0.500. The van der Waals surface area contributed by atoms with Crippen LogP contribution in [-0.2, 0) is 4.79 Å². The third-order valence-electron chi connectivity index (χ3n) is 3.52. The minimum atomic E-state index is -0.159. The van der Waals surface area contributed by atoms with Gasteiger partial charge in [0.25, 0.3) is 0 Å². The second-order valence-electron chi connectivity index (χ2n) is 5.01. The summed E-state index contributed by atoms with van der Waals surface area (Å²) in [4.78, 5) is 14.3. The SMILES string of the molecule is CNCC1C(=O)NCC(C)N1c1ccc(Br)cc1C. The molecule has 0 aromatic heterocycles. The summed E-state index contributed by atoms with van der Waals surface area (Å²) in [5, 5.41) is 6.07. The van der Waals surface area contributed by atoms with Gasteiger partial charge in [-0.3, -0.25) is 4.79 Å². The minimum Gasteiger partial charge on any atom is -0.354 e. The second kappa shape index (κ2) is 5.92. The van der Waals surface area contributed by atoms with E-state index < -0.39 is 0 Å². The van der Waals surface area contributed by atoms with Crippen molar-refractivity contribution in [3.05, 3.63) is 28.2 Å². The third kappa shape index (κ3) is 2.92. The standard InChI is InChI=1S/C14H20BrN3O/c1-9-6-11(15)4-5-12(9)18-10(2)7-17-14(19)13(18)8-16-3/h4-6,10,13,16H,7-8H2,1-3H3,(H,17,19). The van der Waals surface area contributed by atoms with Crippen LogP contribution in [0, 0.1) is 6.92 Å². The third-order valence-corrected chi connectivity index (χ3v) is 4.01. The van der Waals surface area contributed by atoms with Crippen molar-refractivity contribution < 1.29 is 4.79 Å². The number of amides is 1. The molecule has 1 amide bonds. The lowest BCUT2D eigenvalue weighted by molar-refractivity contribution is -0.123. The van der Waals surface area contributed by atoms with Crippen LogP contribution < -0.4 is 15.5 Å². The highest BCUT2D eigenvalue weighted by Gasteiger charge is 2.34. The maximum absolute atomic E-state index is 12.1. The van der Waals surface area contributed by atoms with Crippen molar-refractivity contribution in [2.24, 2.45) is 0 Å². The number of carbonyl (C=O) groups is 1. The molecule has 1 aliphatic heterocycles. The summed E-state index contributed by atoms with van der Waals surface area (Å²) < 4.78 is 1.06. The van der Waals surface area contributed by atoms with E-state index in [9.17, 15) is 4.79 Å². The topological polar surface area (TPSA) is 44.4 Å². The van der Waals surface area contributed by atoms with Crippen molar-refractivity contribution in [1.29, 1.82) is 0 Å². The van der Waals surface area contributed by atoms with Gasteiger partial charge >= 0.3 is 0 Å². The quantitative estimate of drug-likeness (QED) is 0.888. The summed E-state index contributed by atoms with van der Waals surface area (Å²) in [5.41, 5.74) is 2.31. The van der Waals surface area contributed by atoms with E-state index in [-0.39, 0.29) is 18.0 Å². The molecule has 1 saturated heterocycles. The molecule has 2 rings (SSSR count). The van der Waals surface area contributed by atoms with Gasteiger partial charge in [-0.1, -0.05) is 15.9 Å². The first-order chi connectivity index (χ1) is 9.04. The number of carbonyl (C=O) groups excluding carboxylic acids is 1. The van der Waals surface area contributed by atoms with Crippen LogP contribution in [0.25, 0.3) is 0 Å². The van der Waals surface area contributed by atoms with Gasteiger partial charge in [0, 0.05) is 29.3 Å². The lowest BCUT2D eigenvalue weighted by Crippen LogP contribution is -2.62. The number of hydrogen-bond donors (Lipinski definition) is 2. The average Bonchev–Trinajstić information content (AvgIpc) is 2.36. The van der Waals surface area contributed by atoms with E-state index in [4.69, 9.17) is 0 Å². The van der Waals surface area contributed by atoms with Gasteiger partial charge in [0.15, 0.2) is 0 Å². The van der Waals surface area contributed by atoms with Crippen molar-refractivity contribution in [2.45, 2.75) is 25.9 Å². The highest BCUT2D eigenvalue weighted by molar-refractivity contribution is 9.10. The number of anilines is 1. The Bertz CT molecular complexity index is 478. The number of hydrogen-bond acceptors (Lipinski definition) is 3. The van der Waals surface area contributed by atoms with Crippen molar-refractivity contribution in [1.82, 2.24) is 10.6 Å². The first-order valence-electron chi connectivity index (χ1n) is 6.51. The average molecular weight is 326 g/mol. The van der Waals surface area contributed by atoms with E-state index in [0.717, 1.165) is 10.2 Å². The monoisotopic (exact) mass is 325 g/mol. The summed E-state index contributed by atoms with van der Waals surface area (Å²) in [6, 6.07) is 6.32. The van der Waals surface area contributed by atoms with E-state index in [1.54, 1.807) is 0 Å². The fourth-order valence-electron chi connectivity index (χ4n) is 2.60. The van der Waals surface area contributed by atoms with Crippen molar-refractivity contribution >= 4 is 27.5 Å². The van der Waals surface area contributed by atoms with Crippen LogP contribution in [0.5, 0.6) is 0 Å². The Kier molecular flexibility index (Phi) is 4.47. The Hall–Kier alpha value is -1.07. The predicted octanol–water partition coefficient (Wildman–Crippen LogP) is 1.67. The van der Waals surface area contributed by atoms with E-state index in [0.29, 0.717) is 13.1 Å². The van der Waals surface area contributed by atoms with Crippen LogP contribution in [0.15, 0.2) is 22.7 Å². The lowest BCUT2D eigenvalue weighted by Gasteiger charge is -2.42. The molecule has 19 heavy (non-hydrogen) atoms. The number of piperazine rings is 1. The molecule has 5 heteroatoms. The molecule has 2 atom stereocenters. The van der Waals surface area contributed by atoms with Gasteiger partial charge < -0.3 is 15.5 Å². The predicted molar refractivity (Wildman–Crippen MR) is 81.5 cm³/mol. The molecule has 4 nitrogen and oxygen atoms in total. The van der Waals surface area contributed by atoms with E-state index in [1.807, 2.05) is 13.1 Å². The number of rotatable bonds is 3. The number of aryl methyl sites for hydroxylation is 1. The first-order valence-corrected chi connectivity index (χ1v) is 7.30. The van der Waals surface area contributed by atoms with Crippen molar-refractivity contribution in [2.75, 3.05) is 25.0 Å². The van der Waals surface area contributed by atoms with Crippen molar-refractivity contribution in [3.8, 4) is 0 Å². The second-order valence-corrected chi connectivity index (χ2v) is 5.92. The molecule has 1 aromatic rings. The summed E-state index contributed by atoms with van der Waals surface area (Å²) in [6.45, 7) is 5.56. The summed E-state index contributed by atoms with van der Waals surface area (Å²) in [6.07, 6.45) is 0. The molecular formula is C14H20BrN3O. The molecule has 0 saturated carbocycles. The van der Waals surface area contributed by atoms with Gasteiger partial charge in [0.05, 0.1) is 0 Å². The molecule has 1 heterocycles. The van der Waals surface area contributed by atoms with E-state index in [2.05, 4.69) is 57.4 Å². The van der Waals surface area contributed by atoms with Crippen molar-refractivity contribution in [3.63, 3.8) is 0 Å². The van der Waals surface area contributed by atoms with Gasteiger partial charge in [-0.05, 0) is 44.7 Å². The molecule has 0 bridgehead atoms. The zero-order valence-corrected chi connectivity index (χ0v) is 13.1. The van der Waals surface area contributed by atoms with E-state index >= 15 is 0 Å². The Morgan fingerprint density at radius 3 is 2.89 bits per heavy atom. The number of benzene rings is 1. The number of halogens is 1. The van der Waals surface area contributed by atoms with E-state index in [1.165, 1.54) is 5.56 Å². The highest BCUT2D eigenvalue weighted by Crippen LogP contribution is 2.28. The molecule has 0 aliphatic carbocycles. The van der Waals surface area contributed by atoms with Gasteiger partial charge in [-0.15, -0.1) is 0 Å². The molecule has 0 spiro atoms. The number of nitrogens with zero attached hydrogens (tertiary/aromatic N) is 1. The van der Waals surface area contributed by atoms with Gasteiger partial charge in [0.1, 0.15) is 6.04 Å². The Balaban J connectivity index is 2.39. The molecule has 0 radical (unpaired) electrons. The first kappa shape index (κ1) is 14.3. The summed E-state index contributed by atoms with van der Waals surface area (Å²) in [7, 11) is 1.87. The summed E-state index contributed by atoms with van der Waals surface area (Å²) >= 11 is 3.48. The zero-order valence-electron chi connectivity index (χ0n) is 11.5. The fourth-order valence-corrected chi connectivity index (χ4v) is 3.07. The largest absolute Gasteiger partial charge is 0.354 e. The van der Waals surface area contributed by atoms with Crippen LogP contribution in [0.2, 0.25) is 0 Å². The Labute approximate surface area is 122 Å². The normalized spacial score (nSPS) is 23.4. The van der Waals surface area contributed by atoms with Gasteiger partial charge in [0.2, 0.25) is 5.91 Å². The Morgan fingerprint density at radius 2 is 2.26 bits per heavy atom. The highest BCUT2D eigenvalue weighted by atomic mass is 79.9. The molecular weight excluding hydrogens is 306 g/mol. The molecule has 2 unspecified atom stereocenters. The maximum Gasteiger partial charge on any atom is 0.244 e. The zero-order chi connectivity index (χ0) is 14.0.